The van der Waals surface area contributed by atoms with Gasteiger partial charge in [-0.15, -0.1) is 0 Å². The molecule has 0 aliphatic carbocycles. The zero-order valence-electron chi connectivity index (χ0n) is 17.0. The van der Waals surface area contributed by atoms with Gasteiger partial charge in [-0.25, -0.2) is 13.1 Å². The Bertz CT molecular complexity index is 1050. The van der Waals surface area contributed by atoms with Gasteiger partial charge in [0.1, 0.15) is 10.6 Å². The molecule has 2 N–H and O–H groups in total. The molecule has 10 heteroatoms. The SMILES string of the molecule is CNS(=O)(=O)c1cc(/C=C/C(=O)Nc2ccc(SC(=O)N(C)C)cc2)ccc1OC. The Morgan fingerprint density at radius 2 is 1.77 bits per heavy atom. The molecule has 0 heterocycles. The smallest absolute Gasteiger partial charge is 0.285 e. The molecule has 0 bridgehead atoms. The second kappa shape index (κ2) is 10.3. The first-order chi connectivity index (χ1) is 14.2. The number of nitrogens with one attached hydrogen (secondary N) is 2. The molecule has 2 rings (SSSR count). The van der Waals surface area contributed by atoms with Gasteiger partial charge in [-0.1, -0.05) is 6.07 Å². The van der Waals surface area contributed by atoms with Crippen LogP contribution >= 0.6 is 11.8 Å². The van der Waals surface area contributed by atoms with Crippen molar-refractivity contribution in [1.29, 1.82) is 0 Å². The maximum Gasteiger partial charge on any atom is 0.285 e. The van der Waals surface area contributed by atoms with Crippen LogP contribution in [-0.4, -0.2) is 52.7 Å². The fourth-order valence-corrected chi connectivity index (χ4v) is 3.85. The lowest BCUT2D eigenvalue weighted by Crippen LogP contribution is -2.19. The van der Waals surface area contributed by atoms with Gasteiger partial charge in [-0.05, 0) is 66.8 Å². The van der Waals surface area contributed by atoms with Gasteiger partial charge in [-0.3, -0.25) is 9.59 Å². The number of carbonyl (C=O) groups is 2. The summed E-state index contributed by atoms with van der Waals surface area (Å²) in [6.45, 7) is 0. The fourth-order valence-electron chi connectivity index (χ4n) is 2.27. The highest BCUT2D eigenvalue weighted by atomic mass is 32.2. The number of thioether (sulfide) groups is 1. The van der Waals surface area contributed by atoms with Crippen molar-refractivity contribution in [1.82, 2.24) is 9.62 Å². The Balaban J connectivity index is 2.08. The lowest BCUT2D eigenvalue weighted by molar-refractivity contribution is -0.111. The zero-order valence-corrected chi connectivity index (χ0v) is 18.6. The number of anilines is 1. The molecule has 8 nitrogen and oxygen atoms in total. The van der Waals surface area contributed by atoms with Gasteiger partial charge in [0.2, 0.25) is 15.9 Å². The van der Waals surface area contributed by atoms with Crippen molar-refractivity contribution < 1.29 is 22.7 Å². The maximum absolute atomic E-state index is 12.2. The van der Waals surface area contributed by atoms with Crippen LogP contribution in [0.25, 0.3) is 6.08 Å². The number of nitrogens with zero attached hydrogens (tertiary/aromatic N) is 1. The molecule has 0 aliphatic heterocycles. The van der Waals surface area contributed by atoms with Crippen LogP contribution in [0.4, 0.5) is 10.5 Å². The number of sulfonamides is 1. The lowest BCUT2D eigenvalue weighted by Gasteiger charge is -2.10. The summed E-state index contributed by atoms with van der Waals surface area (Å²) in [5.41, 5.74) is 1.09. The summed E-state index contributed by atoms with van der Waals surface area (Å²) in [6, 6.07) is 11.5. The number of ether oxygens (including phenoxy) is 1. The minimum absolute atomic E-state index is 0.0181. The van der Waals surface area contributed by atoms with E-state index >= 15 is 0 Å². The van der Waals surface area contributed by atoms with Crippen LogP contribution in [0.15, 0.2) is 58.3 Å². The Morgan fingerprint density at radius 1 is 1.10 bits per heavy atom. The normalized spacial score (nSPS) is 11.3. The van der Waals surface area contributed by atoms with Crippen molar-refractivity contribution in [2.45, 2.75) is 9.79 Å². The molecule has 0 unspecified atom stereocenters. The third-order valence-corrected chi connectivity index (χ3v) is 6.35. The quantitative estimate of drug-likeness (QED) is 0.497. The van der Waals surface area contributed by atoms with Crippen LogP contribution in [0, 0.1) is 0 Å². The highest BCUT2D eigenvalue weighted by molar-refractivity contribution is 8.13. The summed E-state index contributed by atoms with van der Waals surface area (Å²) in [5, 5.41) is 2.62. The number of hydrogen-bond donors (Lipinski definition) is 2. The van der Waals surface area contributed by atoms with Gasteiger partial charge in [0.25, 0.3) is 5.24 Å². The topological polar surface area (TPSA) is 105 Å². The standard InChI is InChI=1S/C20H23N3O5S2/c1-21-30(26,27)18-13-14(5-11-17(18)28-4)6-12-19(24)22-15-7-9-16(10-8-15)29-20(25)23(2)3/h5-13,21H,1-4H3,(H,22,24)/b12-6+. The van der Waals surface area contributed by atoms with E-state index in [1.165, 1.54) is 43.3 Å². The fraction of sp³-hybridized carbons (Fsp3) is 0.200. The zero-order chi connectivity index (χ0) is 22.3. The second-order valence-electron chi connectivity index (χ2n) is 6.23. The average Bonchev–Trinajstić information content (AvgIpc) is 2.73. The molecule has 0 spiro atoms. The summed E-state index contributed by atoms with van der Waals surface area (Å²) in [7, 11) is 2.34. The van der Waals surface area contributed by atoms with Crippen LogP contribution < -0.4 is 14.8 Å². The van der Waals surface area contributed by atoms with E-state index in [0.717, 1.165) is 16.7 Å². The number of rotatable bonds is 7. The molecule has 0 fully saturated rings. The highest BCUT2D eigenvalue weighted by Crippen LogP contribution is 2.25. The summed E-state index contributed by atoms with van der Waals surface area (Å²) < 4.78 is 31.6. The number of carbonyl (C=O) groups excluding carboxylic acids is 2. The molecule has 30 heavy (non-hydrogen) atoms. The molecule has 0 saturated heterocycles. The van der Waals surface area contributed by atoms with Crippen LogP contribution in [0.5, 0.6) is 5.75 Å². The van der Waals surface area contributed by atoms with Gasteiger partial charge in [0.05, 0.1) is 7.11 Å². The molecule has 2 amide bonds. The van der Waals surface area contributed by atoms with E-state index in [4.69, 9.17) is 4.74 Å². The van der Waals surface area contributed by atoms with E-state index in [2.05, 4.69) is 10.0 Å². The van der Waals surface area contributed by atoms with Crippen molar-refractivity contribution in [3.63, 3.8) is 0 Å². The summed E-state index contributed by atoms with van der Waals surface area (Å²) in [5.74, 6) is -0.176. The van der Waals surface area contributed by atoms with Gasteiger partial charge < -0.3 is 15.0 Å². The van der Waals surface area contributed by atoms with Gasteiger partial charge >= 0.3 is 0 Å². The number of hydrogen-bond acceptors (Lipinski definition) is 6. The van der Waals surface area contributed by atoms with Crippen molar-refractivity contribution in [2.24, 2.45) is 0 Å². The Morgan fingerprint density at radius 3 is 2.33 bits per heavy atom. The number of amides is 2. The molecule has 2 aromatic rings. The molecule has 0 saturated carbocycles. The van der Waals surface area contributed by atoms with Crippen molar-refractivity contribution in [3.05, 3.63) is 54.1 Å². The lowest BCUT2D eigenvalue weighted by atomic mass is 10.2. The van der Waals surface area contributed by atoms with Crippen molar-refractivity contribution >= 4 is 44.7 Å². The summed E-state index contributed by atoms with van der Waals surface area (Å²) in [4.78, 5) is 26.1. The maximum atomic E-state index is 12.2. The number of benzene rings is 2. The van der Waals surface area contributed by atoms with E-state index in [1.54, 1.807) is 44.4 Å². The minimum atomic E-state index is -3.71. The van der Waals surface area contributed by atoms with Crippen molar-refractivity contribution in [3.8, 4) is 5.75 Å². The third-order valence-electron chi connectivity index (χ3n) is 3.87. The molecule has 0 atom stereocenters. The van der Waals surface area contributed by atoms with Crippen molar-refractivity contribution in [2.75, 3.05) is 33.6 Å². The van der Waals surface area contributed by atoms with E-state index in [-0.39, 0.29) is 21.8 Å². The molecule has 2 aromatic carbocycles. The largest absolute Gasteiger partial charge is 0.495 e. The van der Waals surface area contributed by atoms with Crippen LogP contribution in [-0.2, 0) is 14.8 Å². The van der Waals surface area contributed by atoms with Gasteiger partial charge in [0, 0.05) is 30.8 Å². The van der Waals surface area contributed by atoms with Crippen LogP contribution in [0.1, 0.15) is 5.56 Å². The Labute approximate surface area is 180 Å². The number of methoxy groups -OCH3 is 1. The molecule has 0 radical (unpaired) electrons. The second-order valence-corrected chi connectivity index (χ2v) is 9.11. The molecule has 0 aromatic heterocycles. The van der Waals surface area contributed by atoms with Crippen LogP contribution in [0.2, 0.25) is 0 Å². The van der Waals surface area contributed by atoms with Crippen LogP contribution in [0.3, 0.4) is 0 Å². The first-order valence-corrected chi connectivity index (χ1v) is 11.1. The average molecular weight is 450 g/mol. The Kier molecular flexibility index (Phi) is 8.04. The van der Waals surface area contributed by atoms with E-state index < -0.39 is 10.0 Å². The monoisotopic (exact) mass is 449 g/mol. The molecular formula is C20H23N3O5S2. The molecular weight excluding hydrogens is 426 g/mol. The van der Waals surface area contributed by atoms with Gasteiger partial charge in [-0.2, -0.15) is 0 Å². The highest BCUT2D eigenvalue weighted by Gasteiger charge is 2.17. The first kappa shape index (κ1) is 23.5. The molecule has 160 valence electrons. The van der Waals surface area contributed by atoms with E-state index in [1.807, 2.05) is 0 Å². The third kappa shape index (κ3) is 6.34. The summed E-state index contributed by atoms with van der Waals surface area (Å²) in [6.07, 6.45) is 2.80. The first-order valence-electron chi connectivity index (χ1n) is 8.76. The van der Waals surface area contributed by atoms with E-state index in [0.29, 0.717) is 11.3 Å². The van der Waals surface area contributed by atoms with E-state index in [9.17, 15) is 18.0 Å². The predicted molar refractivity (Wildman–Crippen MR) is 118 cm³/mol. The van der Waals surface area contributed by atoms with Gasteiger partial charge in [0.15, 0.2) is 0 Å². The summed E-state index contributed by atoms with van der Waals surface area (Å²) >= 11 is 1.09. The molecule has 0 aliphatic rings. The minimum Gasteiger partial charge on any atom is -0.495 e. The Hall–Kier alpha value is -2.82. The predicted octanol–water partition coefficient (Wildman–Crippen LogP) is 3.03.